The fraction of sp³-hybridized carbons (Fsp3) is 0.611. The molecule has 7 nitrogen and oxygen atoms in total. The summed E-state index contributed by atoms with van der Waals surface area (Å²) in [4.78, 5) is 12.7. The van der Waals surface area contributed by atoms with Crippen molar-refractivity contribution in [2.24, 2.45) is 5.92 Å². The minimum absolute atomic E-state index is 0.0100. The Bertz CT molecular complexity index is 705. The quantitative estimate of drug-likeness (QED) is 0.742. The van der Waals surface area contributed by atoms with Crippen LogP contribution in [0.15, 0.2) is 24.3 Å². The predicted octanol–water partition coefficient (Wildman–Crippen LogP) is 2.10. The molecule has 0 saturated carbocycles. The van der Waals surface area contributed by atoms with Crippen molar-refractivity contribution in [2.45, 2.75) is 32.8 Å². The molecule has 0 radical (unpaired) electrons. The molecule has 0 bridgehead atoms. The molecular weight excluding hydrogens is 356 g/mol. The van der Waals surface area contributed by atoms with Crippen LogP contribution in [0.4, 0.5) is 5.69 Å². The standard InChI is InChI=1S/C18H28N2O5S/c1-14(2)25-17-9-5-4-8-16(17)19-18(21)15-7-6-10-20(13-15)26(22,23)12-11-24-3/h4-5,8-9,14-15H,6-7,10-13H2,1-3H3,(H,19,21). The van der Waals surface area contributed by atoms with E-state index >= 15 is 0 Å². The Labute approximate surface area is 155 Å². The Hall–Kier alpha value is -1.64. The molecule has 0 aliphatic carbocycles. The highest BCUT2D eigenvalue weighted by molar-refractivity contribution is 7.89. The number of carbonyl (C=O) groups excluding carboxylic acids is 1. The zero-order valence-electron chi connectivity index (χ0n) is 15.6. The van der Waals surface area contributed by atoms with Gasteiger partial charge in [-0.1, -0.05) is 12.1 Å². The maximum atomic E-state index is 12.7. The number of sulfonamides is 1. The maximum Gasteiger partial charge on any atom is 0.228 e. The minimum atomic E-state index is -3.41. The number of amides is 1. The summed E-state index contributed by atoms with van der Waals surface area (Å²) in [6.07, 6.45) is 1.31. The number of anilines is 1. The molecule has 1 aliphatic heterocycles. The molecule has 1 aromatic carbocycles. The fourth-order valence-electron chi connectivity index (χ4n) is 2.89. The lowest BCUT2D eigenvalue weighted by Gasteiger charge is -2.31. The normalized spacial score (nSPS) is 18.7. The van der Waals surface area contributed by atoms with E-state index in [1.807, 2.05) is 26.0 Å². The van der Waals surface area contributed by atoms with Crippen molar-refractivity contribution in [3.63, 3.8) is 0 Å². The summed E-state index contributed by atoms with van der Waals surface area (Å²) in [6.45, 7) is 4.63. The highest BCUT2D eigenvalue weighted by Crippen LogP contribution is 2.27. The van der Waals surface area contributed by atoms with Crippen LogP contribution in [-0.4, -0.2) is 57.3 Å². The van der Waals surface area contributed by atoms with Gasteiger partial charge in [-0.25, -0.2) is 12.7 Å². The van der Waals surface area contributed by atoms with Gasteiger partial charge >= 0.3 is 0 Å². The number of para-hydroxylation sites is 2. The summed E-state index contributed by atoms with van der Waals surface area (Å²) in [6, 6.07) is 7.26. The second-order valence-corrected chi connectivity index (χ2v) is 8.75. The van der Waals surface area contributed by atoms with Gasteiger partial charge in [-0.05, 0) is 38.8 Å². The number of benzene rings is 1. The summed E-state index contributed by atoms with van der Waals surface area (Å²) in [5.74, 6) is -0.0241. The van der Waals surface area contributed by atoms with Crippen molar-refractivity contribution >= 4 is 21.6 Å². The van der Waals surface area contributed by atoms with Crippen LogP contribution in [0.2, 0.25) is 0 Å². The van der Waals surface area contributed by atoms with Crippen LogP contribution in [0.5, 0.6) is 5.75 Å². The van der Waals surface area contributed by atoms with Gasteiger partial charge in [0, 0.05) is 20.2 Å². The summed E-state index contributed by atoms with van der Waals surface area (Å²) < 4.78 is 36.7. The van der Waals surface area contributed by atoms with Gasteiger partial charge in [0.05, 0.1) is 30.1 Å². The molecule has 1 unspecified atom stereocenters. The second kappa shape index (κ2) is 9.34. The first-order chi connectivity index (χ1) is 12.3. The van der Waals surface area contributed by atoms with Gasteiger partial charge in [-0.15, -0.1) is 0 Å². The average molecular weight is 384 g/mol. The molecule has 26 heavy (non-hydrogen) atoms. The summed E-state index contributed by atoms with van der Waals surface area (Å²) >= 11 is 0. The lowest BCUT2D eigenvalue weighted by molar-refractivity contribution is -0.120. The Kier molecular flexibility index (Phi) is 7.43. The van der Waals surface area contributed by atoms with Gasteiger partial charge in [0.25, 0.3) is 0 Å². The third-order valence-corrected chi connectivity index (χ3v) is 6.00. The van der Waals surface area contributed by atoms with E-state index in [0.29, 0.717) is 30.8 Å². The van der Waals surface area contributed by atoms with E-state index < -0.39 is 10.0 Å². The SMILES string of the molecule is COCCS(=O)(=O)N1CCCC(C(=O)Nc2ccccc2OC(C)C)C1. The van der Waals surface area contributed by atoms with Crippen LogP contribution in [0.3, 0.4) is 0 Å². The van der Waals surface area contributed by atoms with Gasteiger partial charge < -0.3 is 14.8 Å². The Morgan fingerprint density at radius 3 is 2.77 bits per heavy atom. The summed E-state index contributed by atoms with van der Waals surface area (Å²) in [5.41, 5.74) is 0.602. The Morgan fingerprint density at radius 1 is 1.35 bits per heavy atom. The maximum absolute atomic E-state index is 12.7. The van der Waals surface area contributed by atoms with Crippen molar-refractivity contribution < 1.29 is 22.7 Å². The molecule has 2 rings (SSSR count). The molecule has 1 aliphatic rings. The molecule has 8 heteroatoms. The van der Waals surface area contributed by atoms with E-state index in [4.69, 9.17) is 9.47 Å². The van der Waals surface area contributed by atoms with Gasteiger partial charge in [0.1, 0.15) is 5.75 Å². The number of hydrogen-bond acceptors (Lipinski definition) is 5. The smallest absolute Gasteiger partial charge is 0.228 e. The highest BCUT2D eigenvalue weighted by atomic mass is 32.2. The molecule has 1 aromatic rings. The number of hydrogen-bond donors (Lipinski definition) is 1. The number of ether oxygens (including phenoxy) is 2. The van der Waals surface area contributed by atoms with Crippen molar-refractivity contribution in [3.05, 3.63) is 24.3 Å². The molecule has 1 amide bonds. The molecule has 1 N–H and O–H groups in total. The highest BCUT2D eigenvalue weighted by Gasteiger charge is 2.32. The van der Waals surface area contributed by atoms with Crippen LogP contribution >= 0.6 is 0 Å². The lowest BCUT2D eigenvalue weighted by Crippen LogP contribution is -2.45. The molecule has 1 saturated heterocycles. The number of nitrogens with one attached hydrogen (secondary N) is 1. The third-order valence-electron chi connectivity index (χ3n) is 4.20. The van der Waals surface area contributed by atoms with Gasteiger partial charge in [-0.2, -0.15) is 0 Å². The van der Waals surface area contributed by atoms with E-state index in [2.05, 4.69) is 5.32 Å². The minimum Gasteiger partial charge on any atom is -0.489 e. The zero-order valence-corrected chi connectivity index (χ0v) is 16.4. The first-order valence-electron chi connectivity index (χ1n) is 8.87. The number of rotatable bonds is 8. The largest absolute Gasteiger partial charge is 0.489 e. The first-order valence-corrected chi connectivity index (χ1v) is 10.5. The summed E-state index contributed by atoms with van der Waals surface area (Å²) in [5, 5.41) is 2.89. The molecule has 1 heterocycles. The predicted molar refractivity (Wildman–Crippen MR) is 101 cm³/mol. The molecule has 0 aromatic heterocycles. The van der Waals surface area contributed by atoms with Crippen LogP contribution in [-0.2, 0) is 19.6 Å². The van der Waals surface area contributed by atoms with E-state index in [9.17, 15) is 13.2 Å². The average Bonchev–Trinajstić information content (AvgIpc) is 2.61. The second-order valence-electron chi connectivity index (χ2n) is 6.66. The Morgan fingerprint density at radius 2 is 2.08 bits per heavy atom. The van der Waals surface area contributed by atoms with Crippen LogP contribution in [0.25, 0.3) is 0 Å². The number of carbonyl (C=O) groups is 1. The van der Waals surface area contributed by atoms with Crippen molar-refractivity contribution in [1.29, 1.82) is 0 Å². The van der Waals surface area contributed by atoms with Crippen LogP contribution in [0.1, 0.15) is 26.7 Å². The van der Waals surface area contributed by atoms with E-state index in [0.717, 1.165) is 0 Å². The lowest BCUT2D eigenvalue weighted by atomic mass is 9.98. The van der Waals surface area contributed by atoms with Crippen LogP contribution < -0.4 is 10.1 Å². The third kappa shape index (κ3) is 5.69. The first kappa shape index (κ1) is 20.7. The van der Waals surface area contributed by atoms with E-state index in [1.54, 1.807) is 12.1 Å². The molecular formula is C18H28N2O5S. The monoisotopic (exact) mass is 384 g/mol. The molecule has 0 spiro atoms. The number of methoxy groups -OCH3 is 1. The van der Waals surface area contributed by atoms with E-state index in [-0.39, 0.29) is 36.8 Å². The topological polar surface area (TPSA) is 84.9 Å². The van der Waals surface area contributed by atoms with E-state index in [1.165, 1.54) is 11.4 Å². The Balaban J connectivity index is 2.04. The zero-order chi connectivity index (χ0) is 19.2. The van der Waals surface area contributed by atoms with Crippen molar-refractivity contribution in [2.75, 3.05) is 37.9 Å². The van der Waals surface area contributed by atoms with Crippen LogP contribution in [0, 0.1) is 5.92 Å². The fourth-order valence-corrected chi connectivity index (χ4v) is 4.34. The number of piperidine rings is 1. The summed E-state index contributed by atoms with van der Waals surface area (Å²) in [7, 11) is -1.93. The molecule has 1 fully saturated rings. The van der Waals surface area contributed by atoms with Gasteiger partial charge in [-0.3, -0.25) is 4.79 Å². The van der Waals surface area contributed by atoms with Gasteiger partial charge in [0.15, 0.2) is 0 Å². The molecule has 1 atom stereocenters. The van der Waals surface area contributed by atoms with Crippen molar-refractivity contribution in [3.8, 4) is 5.75 Å². The van der Waals surface area contributed by atoms with Crippen molar-refractivity contribution in [1.82, 2.24) is 4.31 Å². The number of nitrogens with zero attached hydrogens (tertiary/aromatic N) is 1. The molecule has 146 valence electrons. The van der Waals surface area contributed by atoms with Gasteiger partial charge in [0.2, 0.25) is 15.9 Å².